The van der Waals surface area contributed by atoms with Crippen LogP contribution in [0.15, 0.2) is 37.2 Å². The quantitative estimate of drug-likeness (QED) is 0.569. The standard InChI is InChI=1S/C24H26ClN9O/c1-13-32(2)18-9-27-22(30-17-10-33-19(4-16(17)25)28-12-29-33)31-20(18)34(13)24-7-14-3-15(8-24)6-23(5-14,11-24)21(26)35/h4,9-10,12,14-15H,1,3,5-8,11H2,2H3,(H2,26,35)(H,27,30,31). The van der Waals surface area contributed by atoms with Crippen LogP contribution in [0.1, 0.15) is 38.5 Å². The van der Waals surface area contributed by atoms with E-state index in [1.807, 2.05) is 18.1 Å². The summed E-state index contributed by atoms with van der Waals surface area (Å²) in [6, 6.07) is 1.74. The van der Waals surface area contributed by atoms with Gasteiger partial charge in [-0.2, -0.15) is 10.1 Å². The van der Waals surface area contributed by atoms with Gasteiger partial charge in [0.25, 0.3) is 0 Å². The molecule has 0 saturated heterocycles. The molecule has 5 aliphatic rings. The minimum atomic E-state index is -0.430. The van der Waals surface area contributed by atoms with Gasteiger partial charge in [0.05, 0.1) is 28.5 Å². The first-order valence-corrected chi connectivity index (χ1v) is 12.3. The van der Waals surface area contributed by atoms with E-state index in [2.05, 4.69) is 31.9 Å². The molecule has 8 rings (SSSR count). The van der Waals surface area contributed by atoms with Crippen molar-refractivity contribution in [2.24, 2.45) is 23.0 Å². The highest BCUT2D eigenvalue weighted by molar-refractivity contribution is 6.33. The number of hydrogen-bond donors (Lipinski definition) is 2. The Bertz CT molecular complexity index is 1400. The molecule has 3 N–H and O–H groups in total. The van der Waals surface area contributed by atoms with Crippen LogP contribution in [0.4, 0.5) is 23.1 Å². The van der Waals surface area contributed by atoms with Gasteiger partial charge in [0.1, 0.15) is 17.8 Å². The van der Waals surface area contributed by atoms with Crippen LogP contribution in [-0.4, -0.2) is 43.1 Å². The SMILES string of the molecule is C=C1N(C)c2cnc(Nc3cn4ncnc4cc3Cl)nc2N1C12CC3CC(CC(C(N)=O)(C3)C1)C2. The summed E-state index contributed by atoms with van der Waals surface area (Å²) >= 11 is 6.48. The van der Waals surface area contributed by atoms with Gasteiger partial charge in [-0.3, -0.25) is 4.79 Å². The lowest BCUT2D eigenvalue weighted by atomic mass is 9.46. The van der Waals surface area contributed by atoms with E-state index in [0.29, 0.717) is 34.1 Å². The molecule has 4 bridgehead atoms. The summed E-state index contributed by atoms with van der Waals surface area (Å²) in [7, 11) is 1.98. The van der Waals surface area contributed by atoms with Crippen molar-refractivity contribution in [2.75, 3.05) is 22.2 Å². The van der Waals surface area contributed by atoms with E-state index < -0.39 is 5.41 Å². The predicted molar refractivity (Wildman–Crippen MR) is 132 cm³/mol. The second-order valence-electron chi connectivity index (χ2n) is 10.8. The number of anilines is 4. The number of carbonyl (C=O) groups is 1. The molecular weight excluding hydrogens is 466 g/mol. The van der Waals surface area contributed by atoms with Crippen molar-refractivity contribution in [2.45, 2.75) is 44.1 Å². The topological polar surface area (TPSA) is 118 Å². The summed E-state index contributed by atoms with van der Waals surface area (Å²) in [6.45, 7) is 4.42. The minimum Gasteiger partial charge on any atom is -0.369 e. The van der Waals surface area contributed by atoms with Crippen LogP contribution in [0.25, 0.3) is 5.65 Å². The van der Waals surface area contributed by atoms with Crippen LogP contribution in [0.5, 0.6) is 0 Å². The first-order chi connectivity index (χ1) is 16.8. The molecule has 35 heavy (non-hydrogen) atoms. The number of primary amides is 1. The van der Waals surface area contributed by atoms with Crippen LogP contribution >= 0.6 is 11.6 Å². The molecule has 180 valence electrons. The molecular formula is C24H26ClN9O. The van der Waals surface area contributed by atoms with Crippen molar-refractivity contribution in [3.8, 4) is 0 Å². The summed E-state index contributed by atoms with van der Waals surface area (Å²) < 4.78 is 1.64. The van der Waals surface area contributed by atoms with E-state index in [1.165, 1.54) is 12.7 Å². The van der Waals surface area contributed by atoms with Crippen molar-refractivity contribution >= 4 is 46.3 Å². The average molecular weight is 492 g/mol. The number of amides is 1. The Kier molecular flexibility index (Phi) is 4.09. The van der Waals surface area contributed by atoms with Crippen LogP contribution in [-0.2, 0) is 4.79 Å². The highest BCUT2D eigenvalue weighted by Crippen LogP contribution is 2.65. The highest BCUT2D eigenvalue weighted by atomic mass is 35.5. The molecule has 3 aromatic heterocycles. The maximum Gasteiger partial charge on any atom is 0.229 e. The van der Waals surface area contributed by atoms with Crippen LogP contribution in [0.2, 0.25) is 5.02 Å². The Hall–Kier alpha value is -3.40. The number of nitrogens with one attached hydrogen (secondary N) is 1. The molecule has 10 nitrogen and oxygen atoms in total. The number of hydrogen-bond acceptors (Lipinski definition) is 8. The Balaban J connectivity index is 1.29. The van der Waals surface area contributed by atoms with E-state index in [9.17, 15) is 4.79 Å². The van der Waals surface area contributed by atoms with Crippen molar-refractivity contribution < 1.29 is 4.79 Å². The zero-order chi connectivity index (χ0) is 24.1. The summed E-state index contributed by atoms with van der Waals surface area (Å²) in [4.78, 5) is 30.6. The van der Waals surface area contributed by atoms with Gasteiger partial charge in [-0.1, -0.05) is 18.2 Å². The van der Waals surface area contributed by atoms with E-state index >= 15 is 0 Å². The number of fused-ring (bicyclic) bond motifs is 2. The Morgan fingerprint density at radius 3 is 2.77 bits per heavy atom. The van der Waals surface area contributed by atoms with E-state index in [4.69, 9.17) is 22.3 Å². The maximum atomic E-state index is 12.7. The molecule has 2 unspecified atom stereocenters. The van der Waals surface area contributed by atoms with Crippen molar-refractivity contribution in [1.82, 2.24) is 24.6 Å². The third-order valence-electron chi connectivity index (χ3n) is 8.61. The first kappa shape index (κ1) is 20.9. The van der Waals surface area contributed by atoms with Crippen molar-refractivity contribution in [1.29, 1.82) is 0 Å². The van der Waals surface area contributed by atoms with E-state index in [-0.39, 0.29) is 11.4 Å². The lowest BCUT2D eigenvalue weighted by Gasteiger charge is -2.63. The fraction of sp³-hybridized carbons (Fsp3) is 0.458. The maximum absolute atomic E-state index is 12.7. The number of nitrogens with two attached hydrogens (primary N) is 1. The number of aromatic nitrogens is 5. The molecule has 0 aromatic carbocycles. The average Bonchev–Trinajstić information content (AvgIpc) is 3.34. The molecule has 11 heteroatoms. The number of halogens is 1. The third-order valence-corrected chi connectivity index (χ3v) is 8.92. The fourth-order valence-electron chi connectivity index (χ4n) is 7.55. The molecule has 0 spiro atoms. The van der Waals surface area contributed by atoms with Gasteiger partial charge in [0.15, 0.2) is 11.5 Å². The third kappa shape index (κ3) is 2.86. The van der Waals surface area contributed by atoms with Crippen LogP contribution in [0.3, 0.4) is 0 Å². The van der Waals surface area contributed by atoms with E-state index in [1.54, 1.807) is 16.8 Å². The van der Waals surface area contributed by atoms with Gasteiger partial charge in [0.2, 0.25) is 11.9 Å². The van der Waals surface area contributed by atoms with E-state index in [0.717, 1.165) is 49.4 Å². The Labute approximate surface area is 207 Å². The zero-order valence-electron chi connectivity index (χ0n) is 19.4. The largest absolute Gasteiger partial charge is 0.369 e. The zero-order valence-corrected chi connectivity index (χ0v) is 20.2. The van der Waals surface area contributed by atoms with Crippen molar-refractivity contribution in [3.05, 3.63) is 42.2 Å². The number of rotatable bonds is 4. The monoisotopic (exact) mass is 491 g/mol. The summed E-state index contributed by atoms with van der Waals surface area (Å²) in [5.41, 5.74) is 7.53. The predicted octanol–water partition coefficient (Wildman–Crippen LogP) is 3.47. The van der Waals surface area contributed by atoms with Gasteiger partial charge in [-0.05, 0) is 50.4 Å². The van der Waals surface area contributed by atoms with Crippen LogP contribution in [0, 0.1) is 17.3 Å². The number of pyridine rings is 1. The summed E-state index contributed by atoms with van der Waals surface area (Å²) in [5, 5.41) is 7.92. The second-order valence-corrected chi connectivity index (χ2v) is 11.2. The second kappa shape index (κ2) is 6.84. The van der Waals surface area contributed by atoms with Crippen molar-refractivity contribution in [3.63, 3.8) is 0 Å². The van der Waals surface area contributed by atoms with Gasteiger partial charge < -0.3 is 20.9 Å². The first-order valence-electron chi connectivity index (χ1n) is 11.9. The minimum absolute atomic E-state index is 0.155. The Morgan fingerprint density at radius 2 is 2.03 bits per heavy atom. The van der Waals surface area contributed by atoms with Gasteiger partial charge in [-0.25, -0.2) is 14.5 Å². The van der Waals surface area contributed by atoms with Gasteiger partial charge in [-0.15, -0.1) is 0 Å². The smallest absolute Gasteiger partial charge is 0.229 e. The molecule has 4 saturated carbocycles. The molecule has 0 radical (unpaired) electrons. The molecule has 1 aliphatic heterocycles. The normalized spacial score (nSPS) is 30.9. The molecule has 4 fully saturated rings. The number of carbonyl (C=O) groups excluding carboxylic acids is 1. The molecule has 2 atom stereocenters. The summed E-state index contributed by atoms with van der Waals surface area (Å²) in [6.07, 6.45) is 10.8. The molecule has 3 aromatic rings. The lowest BCUT2D eigenvalue weighted by Crippen LogP contribution is -2.65. The number of nitrogens with zero attached hydrogens (tertiary/aromatic N) is 7. The van der Waals surface area contributed by atoms with Crippen LogP contribution < -0.4 is 20.9 Å². The lowest BCUT2D eigenvalue weighted by molar-refractivity contribution is -0.144. The van der Waals surface area contributed by atoms with Gasteiger partial charge >= 0.3 is 0 Å². The fourth-order valence-corrected chi connectivity index (χ4v) is 7.74. The molecule has 1 amide bonds. The highest BCUT2D eigenvalue weighted by Gasteiger charge is 2.63. The van der Waals surface area contributed by atoms with Gasteiger partial charge in [0, 0.05) is 18.7 Å². The summed E-state index contributed by atoms with van der Waals surface area (Å²) in [5.74, 6) is 2.92. The molecule has 4 heterocycles. The molecule has 4 aliphatic carbocycles. The Morgan fingerprint density at radius 1 is 1.26 bits per heavy atom.